The normalized spacial score (nSPS) is 16.6. The third kappa shape index (κ3) is 4.03. The summed E-state index contributed by atoms with van der Waals surface area (Å²) in [5.74, 6) is 0. The smallest absolute Gasteiger partial charge is 0.240 e. The van der Waals surface area contributed by atoms with Crippen molar-refractivity contribution in [3.05, 3.63) is 29.8 Å². The fraction of sp³-hybridized carbons (Fsp3) is 0.571. The molecule has 106 valence electrons. The van der Waals surface area contributed by atoms with Crippen LogP contribution in [-0.2, 0) is 16.6 Å². The van der Waals surface area contributed by atoms with E-state index in [4.69, 9.17) is 0 Å². The van der Waals surface area contributed by atoms with Gasteiger partial charge in [-0.2, -0.15) is 0 Å². The summed E-state index contributed by atoms with van der Waals surface area (Å²) < 4.78 is 26.9. The number of nitrogens with one attached hydrogen (secondary N) is 2. The maximum absolute atomic E-state index is 12.1. The Bertz CT molecular complexity index is 505. The van der Waals surface area contributed by atoms with E-state index in [0.717, 1.165) is 31.4 Å². The molecule has 2 N–H and O–H groups in total. The predicted octanol–water partition coefficient (Wildman–Crippen LogP) is 2.02. The maximum Gasteiger partial charge on any atom is 0.240 e. The fourth-order valence-corrected chi connectivity index (χ4v) is 3.23. The van der Waals surface area contributed by atoms with Crippen molar-refractivity contribution < 1.29 is 8.42 Å². The Morgan fingerprint density at radius 3 is 2.32 bits per heavy atom. The first-order valence-corrected chi connectivity index (χ1v) is 8.30. The van der Waals surface area contributed by atoms with Crippen LogP contribution >= 0.6 is 0 Å². The number of rotatable bonds is 6. The minimum atomic E-state index is -3.34. The van der Waals surface area contributed by atoms with Crippen LogP contribution in [0, 0.1) is 0 Å². The Kier molecular flexibility index (Phi) is 4.60. The van der Waals surface area contributed by atoms with Gasteiger partial charge < -0.3 is 5.32 Å². The lowest BCUT2D eigenvalue weighted by Gasteiger charge is -2.26. The van der Waals surface area contributed by atoms with E-state index in [0.29, 0.717) is 10.9 Å². The van der Waals surface area contributed by atoms with Gasteiger partial charge in [-0.15, -0.1) is 0 Å². The molecule has 1 saturated carbocycles. The third-order valence-corrected chi connectivity index (χ3v) is 4.91. The molecule has 0 amide bonds. The number of hydrogen-bond acceptors (Lipinski definition) is 3. The monoisotopic (exact) mass is 282 g/mol. The summed E-state index contributed by atoms with van der Waals surface area (Å²) in [4.78, 5) is 0.354. The van der Waals surface area contributed by atoms with Gasteiger partial charge in [-0.3, -0.25) is 0 Å². The molecule has 1 aliphatic carbocycles. The van der Waals surface area contributed by atoms with Gasteiger partial charge in [0.25, 0.3) is 0 Å². The third-order valence-electron chi connectivity index (χ3n) is 3.38. The van der Waals surface area contributed by atoms with Crippen molar-refractivity contribution >= 4 is 10.0 Å². The SMILES string of the molecule is CC(C)NCc1ccc(S(=O)(=O)NC2CCC2)cc1. The molecular weight excluding hydrogens is 260 g/mol. The van der Waals surface area contributed by atoms with Crippen LogP contribution in [0.4, 0.5) is 0 Å². The molecular formula is C14H22N2O2S. The minimum absolute atomic E-state index is 0.132. The Morgan fingerprint density at radius 1 is 1.21 bits per heavy atom. The van der Waals surface area contributed by atoms with Crippen molar-refractivity contribution in [1.82, 2.24) is 10.0 Å². The zero-order valence-electron chi connectivity index (χ0n) is 11.5. The van der Waals surface area contributed by atoms with Gasteiger partial charge in [-0.25, -0.2) is 13.1 Å². The second-order valence-corrected chi connectivity index (χ2v) is 7.14. The number of sulfonamides is 1. The van der Waals surface area contributed by atoms with E-state index in [2.05, 4.69) is 23.9 Å². The van der Waals surface area contributed by atoms with E-state index in [1.807, 2.05) is 12.1 Å². The second kappa shape index (κ2) is 6.03. The Hall–Kier alpha value is -0.910. The molecule has 0 aromatic heterocycles. The molecule has 0 radical (unpaired) electrons. The molecule has 0 aliphatic heterocycles. The van der Waals surface area contributed by atoms with Crippen molar-refractivity contribution in [2.24, 2.45) is 0 Å². The van der Waals surface area contributed by atoms with Crippen molar-refractivity contribution in [1.29, 1.82) is 0 Å². The largest absolute Gasteiger partial charge is 0.310 e. The summed E-state index contributed by atoms with van der Waals surface area (Å²) in [5.41, 5.74) is 1.09. The van der Waals surface area contributed by atoms with Crippen molar-refractivity contribution in [2.75, 3.05) is 0 Å². The van der Waals surface area contributed by atoms with Gasteiger partial charge in [0.15, 0.2) is 0 Å². The molecule has 5 heteroatoms. The van der Waals surface area contributed by atoms with Crippen LogP contribution in [0.2, 0.25) is 0 Å². The molecule has 0 spiro atoms. The van der Waals surface area contributed by atoms with Crippen LogP contribution < -0.4 is 10.0 Å². The molecule has 19 heavy (non-hydrogen) atoms. The molecule has 1 fully saturated rings. The molecule has 0 unspecified atom stereocenters. The van der Waals surface area contributed by atoms with Crippen molar-refractivity contribution in [2.45, 2.75) is 56.6 Å². The van der Waals surface area contributed by atoms with E-state index in [1.165, 1.54) is 0 Å². The minimum Gasteiger partial charge on any atom is -0.310 e. The van der Waals surface area contributed by atoms with Crippen molar-refractivity contribution in [3.8, 4) is 0 Å². The van der Waals surface area contributed by atoms with Crippen LogP contribution in [0.1, 0.15) is 38.7 Å². The van der Waals surface area contributed by atoms with Crippen LogP contribution in [-0.4, -0.2) is 20.5 Å². The lowest BCUT2D eigenvalue weighted by atomic mass is 9.94. The van der Waals surface area contributed by atoms with Crippen molar-refractivity contribution in [3.63, 3.8) is 0 Å². The fourth-order valence-electron chi connectivity index (χ4n) is 1.92. The molecule has 0 bridgehead atoms. The highest BCUT2D eigenvalue weighted by Crippen LogP contribution is 2.21. The summed E-state index contributed by atoms with van der Waals surface area (Å²) in [6, 6.07) is 7.64. The van der Waals surface area contributed by atoms with Gasteiger partial charge in [0, 0.05) is 18.6 Å². The van der Waals surface area contributed by atoms with Gasteiger partial charge in [-0.05, 0) is 30.5 Å². The highest BCUT2D eigenvalue weighted by molar-refractivity contribution is 7.89. The molecule has 1 aromatic rings. The number of benzene rings is 1. The van der Waals surface area contributed by atoms with Gasteiger partial charge >= 0.3 is 0 Å². The zero-order valence-corrected chi connectivity index (χ0v) is 12.3. The van der Waals surface area contributed by atoms with Gasteiger partial charge in [-0.1, -0.05) is 32.4 Å². The zero-order chi connectivity index (χ0) is 13.9. The topological polar surface area (TPSA) is 58.2 Å². The summed E-state index contributed by atoms with van der Waals surface area (Å²) in [5, 5.41) is 3.31. The first kappa shape index (κ1) is 14.5. The maximum atomic E-state index is 12.1. The van der Waals surface area contributed by atoms with Crippen LogP contribution in [0.5, 0.6) is 0 Å². The highest BCUT2D eigenvalue weighted by Gasteiger charge is 2.24. The standard InChI is InChI=1S/C14H22N2O2S/c1-11(2)15-10-12-6-8-14(9-7-12)19(17,18)16-13-4-3-5-13/h6-9,11,13,15-16H,3-5,10H2,1-2H3. The molecule has 1 aromatic carbocycles. The van der Waals surface area contributed by atoms with Crippen LogP contribution in [0.25, 0.3) is 0 Å². The van der Waals surface area contributed by atoms with Gasteiger partial charge in [0.05, 0.1) is 4.90 Å². The second-order valence-electron chi connectivity index (χ2n) is 5.43. The molecule has 0 heterocycles. The van der Waals surface area contributed by atoms with Crippen LogP contribution in [0.3, 0.4) is 0 Å². The van der Waals surface area contributed by atoms with E-state index in [-0.39, 0.29) is 6.04 Å². The molecule has 1 aliphatic rings. The highest BCUT2D eigenvalue weighted by atomic mass is 32.2. The molecule has 0 atom stereocenters. The first-order valence-electron chi connectivity index (χ1n) is 6.82. The predicted molar refractivity (Wildman–Crippen MR) is 76.4 cm³/mol. The molecule has 4 nitrogen and oxygen atoms in total. The van der Waals surface area contributed by atoms with E-state index in [9.17, 15) is 8.42 Å². The first-order chi connectivity index (χ1) is 8.97. The van der Waals surface area contributed by atoms with E-state index in [1.54, 1.807) is 12.1 Å². The molecule has 2 rings (SSSR count). The van der Waals surface area contributed by atoms with Gasteiger partial charge in [0.1, 0.15) is 0 Å². The summed E-state index contributed by atoms with van der Waals surface area (Å²) in [6.07, 6.45) is 3.03. The van der Waals surface area contributed by atoms with E-state index >= 15 is 0 Å². The lowest BCUT2D eigenvalue weighted by molar-refractivity contribution is 0.383. The molecule has 0 saturated heterocycles. The Balaban J connectivity index is 2.00. The average Bonchev–Trinajstić information content (AvgIpc) is 2.32. The Labute approximate surface area is 115 Å². The van der Waals surface area contributed by atoms with Gasteiger partial charge in [0.2, 0.25) is 10.0 Å². The summed E-state index contributed by atoms with van der Waals surface area (Å²) in [7, 11) is -3.34. The summed E-state index contributed by atoms with van der Waals surface area (Å²) >= 11 is 0. The number of hydrogen-bond donors (Lipinski definition) is 2. The lowest BCUT2D eigenvalue weighted by Crippen LogP contribution is -2.39. The summed E-state index contributed by atoms with van der Waals surface area (Å²) in [6.45, 7) is 4.93. The van der Waals surface area contributed by atoms with E-state index < -0.39 is 10.0 Å². The quantitative estimate of drug-likeness (QED) is 0.839. The van der Waals surface area contributed by atoms with Crippen LogP contribution in [0.15, 0.2) is 29.2 Å². The Morgan fingerprint density at radius 2 is 1.84 bits per heavy atom. The average molecular weight is 282 g/mol.